The zero-order valence-electron chi connectivity index (χ0n) is 15.0. The highest BCUT2D eigenvalue weighted by Gasteiger charge is 2.24. The Morgan fingerprint density at radius 2 is 2.07 bits per heavy atom. The molecule has 7 heteroatoms. The molecule has 1 unspecified atom stereocenters. The first-order valence-corrected chi connectivity index (χ1v) is 10.0. The van der Waals surface area contributed by atoms with Crippen molar-refractivity contribution >= 4 is 22.9 Å². The van der Waals surface area contributed by atoms with Gasteiger partial charge in [0.15, 0.2) is 0 Å². The van der Waals surface area contributed by atoms with E-state index in [0.717, 1.165) is 22.7 Å². The van der Waals surface area contributed by atoms with Gasteiger partial charge in [-0.1, -0.05) is 29.8 Å². The van der Waals surface area contributed by atoms with Crippen LogP contribution in [0, 0.1) is 6.92 Å². The van der Waals surface area contributed by atoms with Gasteiger partial charge in [0.2, 0.25) is 0 Å². The minimum Gasteiger partial charge on any atom is -0.371 e. The van der Waals surface area contributed by atoms with Gasteiger partial charge in [0.1, 0.15) is 5.69 Å². The maximum Gasteiger partial charge on any atom is 0.268 e. The molecule has 0 amide bonds. The second-order valence-corrected chi connectivity index (χ2v) is 8.26. The summed E-state index contributed by atoms with van der Waals surface area (Å²) >= 11 is 7.99. The van der Waals surface area contributed by atoms with Gasteiger partial charge in [0.25, 0.3) is 5.56 Å². The molecule has 1 atom stereocenters. The quantitative estimate of drug-likeness (QED) is 0.663. The lowest BCUT2D eigenvalue weighted by Gasteiger charge is -2.33. The van der Waals surface area contributed by atoms with Crippen LogP contribution in [-0.4, -0.2) is 34.4 Å². The summed E-state index contributed by atoms with van der Waals surface area (Å²) in [6.45, 7) is 4.50. The van der Waals surface area contributed by atoms with Crippen LogP contribution in [0.15, 0.2) is 53.3 Å². The molecular formula is C20H20ClN3O2S. The predicted molar refractivity (Wildman–Crippen MR) is 108 cm³/mol. The van der Waals surface area contributed by atoms with E-state index in [1.807, 2.05) is 30.3 Å². The van der Waals surface area contributed by atoms with Crippen LogP contribution < -0.4 is 5.56 Å². The number of hydrogen-bond donors (Lipinski definition) is 0. The molecule has 1 saturated heterocycles. The van der Waals surface area contributed by atoms with Crippen molar-refractivity contribution in [3.8, 4) is 10.6 Å². The minimum atomic E-state index is -0.105. The van der Waals surface area contributed by atoms with Crippen LogP contribution in [0.5, 0.6) is 0 Å². The molecule has 0 N–H and O–H groups in total. The fourth-order valence-corrected chi connectivity index (χ4v) is 4.29. The van der Waals surface area contributed by atoms with E-state index in [2.05, 4.69) is 23.0 Å². The molecule has 27 heavy (non-hydrogen) atoms. The number of thiophene rings is 1. The molecule has 0 radical (unpaired) electrons. The topological polar surface area (TPSA) is 47.4 Å². The molecule has 0 aliphatic carbocycles. The number of morpholine rings is 1. The smallest absolute Gasteiger partial charge is 0.268 e. The van der Waals surface area contributed by atoms with E-state index < -0.39 is 0 Å². The van der Waals surface area contributed by atoms with E-state index in [1.54, 1.807) is 23.5 Å². The fourth-order valence-electron chi connectivity index (χ4n) is 3.20. The Kier molecular flexibility index (Phi) is 5.41. The first kappa shape index (κ1) is 18.4. The summed E-state index contributed by atoms with van der Waals surface area (Å²) in [7, 11) is 0. The van der Waals surface area contributed by atoms with Gasteiger partial charge in [-0.25, -0.2) is 4.68 Å². The van der Waals surface area contributed by atoms with Crippen LogP contribution in [-0.2, 0) is 11.4 Å². The Hall–Kier alpha value is -1.99. The van der Waals surface area contributed by atoms with E-state index in [4.69, 9.17) is 16.3 Å². The van der Waals surface area contributed by atoms with Gasteiger partial charge in [0.05, 0.1) is 24.3 Å². The molecular weight excluding hydrogens is 382 g/mol. The predicted octanol–water partition coefficient (Wildman–Crippen LogP) is 3.96. The second kappa shape index (κ2) is 7.94. The number of rotatable bonds is 4. The average molecular weight is 402 g/mol. The molecule has 1 aromatic carbocycles. The number of ether oxygens (including phenoxy) is 1. The highest BCUT2D eigenvalue weighted by atomic mass is 35.5. The maximum absolute atomic E-state index is 12.3. The van der Waals surface area contributed by atoms with E-state index in [-0.39, 0.29) is 11.7 Å². The Labute approximate surface area is 166 Å². The summed E-state index contributed by atoms with van der Waals surface area (Å²) in [5.74, 6) is 0. The molecule has 5 nitrogen and oxygen atoms in total. The average Bonchev–Trinajstić information content (AvgIpc) is 3.10. The van der Waals surface area contributed by atoms with Gasteiger partial charge in [-0.15, -0.1) is 11.3 Å². The number of benzene rings is 1. The second-order valence-electron chi connectivity index (χ2n) is 6.57. The summed E-state index contributed by atoms with van der Waals surface area (Å²) in [6.07, 6.45) is -0.105. The molecule has 2 aromatic heterocycles. The third-order valence-electron chi connectivity index (χ3n) is 4.60. The van der Waals surface area contributed by atoms with Crippen molar-refractivity contribution in [2.45, 2.75) is 19.7 Å². The zero-order chi connectivity index (χ0) is 18.8. The molecule has 0 saturated carbocycles. The normalized spacial score (nSPS) is 17.9. The van der Waals surface area contributed by atoms with E-state index in [1.165, 1.54) is 9.56 Å². The van der Waals surface area contributed by atoms with Gasteiger partial charge in [-0.3, -0.25) is 9.69 Å². The van der Waals surface area contributed by atoms with Crippen LogP contribution in [0.4, 0.5) is 0 Å². The summed E-state index contributed by atoms with van der Waals surface area (Å²) in [5.41, 5.74) is 1.70. The van der Waals surface area contributed by atoms with Gasteiger partial charge in [-0.05, 0) is 31.2 Å². The summed E-state index contributed by atoms with van der Waals surface area (Å²) in [6, 6.07) is 15.2. The number of nitrogens with zero attached hydrogens (tertiary/aromatic N) is 3. The van der Waals surface area contributed by atoms with Gasteiger partial charge < -0.3 is 4.74 Å². The molecule has 1 aliphatic heterocycles. The standard InChI is InChI=1S/C20H20ClN3O2S/c1-14-6-8-19(27-14)17-7-9-20(25)24(22-17)13-23-10-11-26-18(12-23)15-4-2-3-5-16(15)21/h2-9,18H,10-13H2,1H3. The minimum absolute atomic E-state index is 0.104. The third-order valence-corrected chi connectivity index (χ3v) is 5.96. The van der Waals surface area contributed by atoms with Crippen molar-refractivity contribution in [3.63, 3.8) is 0 Å². The maximum atomic E-state index is 12.3. The van der Waals surface area contributed by atoms with Crippen LogP contribution in [0.1, 0.15) is 16.5 Å². The van der Waals surface area contributed by atoms with Crippen molar-refractivity contribution in [3.05, 3.63) is 74.3 Å². The first-order chi connectivity index (χ1) is 13.1. The fraction of sp³-hybridized carbons (Fsp3) is 0.300. The van der Waals surface area contributed by atoms with Crippen molar-refractivity contribution in [1.29, 1.82) is 0 Å². The van der Waals surface area contributed by atoms with Crippen LogP contribution in [0.3, 0.4) is 0 Å². The molecule has 0 bridgehead atoms. The lowest BCUT2D eigenvalue weighted by atomic mass is 10.1. The van der Waals surface area contributed by atoms with E-state index >= 15 is 0 Å². The Bertz CT molecular complexity index is 1000. The van der Waals surface area contributed by atoms with Crippen molar-refractivity contribution < 1.29 is 4.74 Å². The molecule has 1 fully saturated rings. The number of aryl methyl sites for hydroxylation is 1. The van der Waals surface area contributed by atoms with Crippen LogP contribution in [0.25, 0.3) is 10.6 Å². The number of aromatic nitrogens is 2. The van der Waals surface area contributed by atoms with E-state index in [9.17, 15) is 4.79 Å². The SMILES string of the molecule is Cc1ccc(-c2ccc(=O)n(CN3CCOC(c4ccccc4Cl)C3)n2)s1. The van der Waals surface area contributed by atoms with Gasteiger partial charge >= 0.3 is 0 Å². The zero-order valence-corrected chi connectivity index (χ0v) is 16.5. The Balaban J connectivity index is 1.53. The highest BCUT2D eigenvalue weighted by molar-refractivity contribution is 7.15. The largest absolute Gasteiger partial charge is 0.371 e. The molecule has 3 heterocycles. The van der Waals surface area contributed by atoms with Gasteiger partial charge in [0, 0.05) is 34.6 Å². The number of hydrogen-bond acceptors (Lipinski definition) is 5. The van der Waals surface area contributed by atoms with Crippen molar-refractivity contribution in [1.82, 2.24) is 14.7 Å². The first-order valence-electron chi connectivity index (χ1n) is 8.83. The monoisotopic (exact) mass is 401 g/mol. The Morgan fingerprint density at radius 1 is 1.22 bits per heavy atom. The molecule has 140 valence electrons. The van der Waals surface area contributed by atoms with Crippen molar-refractivity contribution in [2.24, 2.45) is 0 Å². The Morgan fingerprint density at radius 3 is 2.85 bits per heavy atom. The lowest BCUT2D eigenvalue weighted by Crippen LogP contribution is -2.42. The summed E-state index contributed by atoms with van der Waals surface area (Å²) in [5, 5.41) is 5.27. The third kappa shape index (κ3) is 4.14. The molecule has 4 rings (SSSR count). The molecule has 0 spiro atoms. The van der Waals surface area contributed by atoms with Crippen LogP contribution in [0.2, 0.25) is 5.02 Å². The van der Waals surface area contributed by atoms with Crippen LogP contribution >= 0.6 is 22.9 Å². The number of halogens is 1. The lowest BCUT2D eigenvalue weighted by molar-refractivity contribution is -0.0421. The summed E-state index contributed by atoms with van der Waals surface area (Å²) < 4.78 is 7.43. The molecule has 3 aromatic rings. The highest BCUT2D eigenvalue weighted by Crippen LogP contribution is 2.28. The molecule has 1 aliphatic rings. The van der Waals surface area contributed by atoms with E-state index in [0.29, 0.717) is 24.8 Å². The summed E-state index contributed by atoms with van der Waals surface area (Å²) in [4.78, 5) is 16.8. The van der Waals surface area contributed by atoms with Crippen molar-refractivity contribution in [2.75, 3.05) is 19.7 Å². The van der Waals surface area contributed by atoms with Gasteiger partial charge in [-0.2, -0.15) is 5.10 Å².